The van der Waals surface area contributed by atoms with E-state index in [-0.39, 0.29) is 0 Å². The van der Waals surface area contributed by atoms with Crippen molar-refractivity contribution in [2.24, 2.45) is 0 Å². The number of pyridine rings is 1. The molecule has 102 valence electrons. The molecule has 1 aliphatic heterocycles. The normalized spacial score (nSPS) is 21.0. The van der Waals surface area contributed by atoms with Crippen LogP contribution in [0.5, 0.6) is 0 Å². The summed E-state index contributed by atoms with van der Waals surface area (Å²) in [6.45, 7) is 4.29. The maximum atomic E-state index is 5.85. The first kappa shape index (κ1) is 12.4. The molecule has 0 aromatic carbocycles. The van der Waals surface area contributed by atoms with Gasteiger partial charge in [-0.2, -0.15) is 0 Å². The highest BCUT2D eigenvalue weighted by molar-refractivity contribution is 5.47. The van der Waals surface area contributed by atoms with Crippen molar-refractivity contribution in [3.63, 3.8) is 0 Å². The number of nitrogens with two attached hydrogens (primary N) is 1. The van der Waals surface area contributed by atoms with Gasteiger partial charge in [-0.15, -0.1) is 10.2 Å². The van der Waals surface area contributed by atoms with Gasteiger partial charge in [-0.05, 0) is 37.9 Å². The van der Waals surface area contributed by atoms with Crippen LogP contribution < -0.4 is 5.73 Å². The highest BCUT2D eigenvalue weighted by Gasteiger charge is 2.22. The maximum Gasteiger partial charge on any atom is 0.160 e. The average molecular weight is 259 g/mol. The third-order valence-electron chi connectivity index (χ3n) is 4.06. The van der Waals surface area contributed by atoms with Crippen molar-refractivity contribution in [3.8, 4) is 0 Å². The zero-order valence-corrected chi connectivity index (χ0v) is 11.4. The van der Waals surface area contributed by atoms with E-state index in [1.54, 1.807) is 0 Å². The molecular formula is C14H21N5. The van der Waals surface area contributed by atoms with E-state index in [1.807, 2.05) is 22.7 Å². The van der Waals surface area contributed by atoms with Crippen LogP contribution in [-0.2, 0) is 6.54 Å². The van der Waals surface area contributed by atoms with E-state index in [0.29, 0.717) is 6.04 Å². The summed E-state index contributed by atoms with van der Waals surface area (Å²) >= 11 is 0. The Morgan fingerprint density at radius 3 is 3.05 bits per heavy atom. The number of aromatic nitrogens is 3. The van der Waals surface area contributed by atoms with Gasteiger partial charge in [0.25, 0.3) is 0 Å². The second-order valence-electron chi connectivity index (χ2n) is 5.34. The number of nitrogen functional groups attached to an aromatic ring is 1. The summed E-state index contributed by atoms with van der Waals surface area (Å²) in [6.07, 6.45) is 7.06. The molecule has 0 saturated carbocycles. The molecule has 1 fully saturated rings. The van der Waals surface area contributed by atoms with Crippen LogP contribution >= 0.6 is 0 Å². The van der Waals surface area contributed by atoms with E-state index in [0.717, 1.165) is 30.2 Å². The fraction of sp³-hybridized carbons (Fsp3) is 0.571. The van der Waals surface area contributed by atoms with Gasteiger partial charge in [0.15, 0.2) is 11.5 Å². The van der Waals surface area contributed by atoms with E-state index in [1.165, 1.54) is 25.7 Å². The molecular weight excluding hydrogens is 238 g/mol. The third kappa shape index (κ3) is 2.42. The Morgan fingerprint density at radius 1 is 1.32 bits per heavy atom. The van der Waals surface area contributed by atoms with Crippen LogP contribution in [0.25, 0.3) is 5.65 Å². The maximum absolute atomic E-state index is 5.85. The van der Waals surface area contributed by atoms with Gasteiger partial charge in [-0.25, -0.2) is 0 Å². The fourth-order valence-corrected chi connectivity index (χ4v) is 2.97. The Morgan fingerprint density at radius 2 is 2.21 bits per heavy atom. The predicted octanol–water partition coefficient (Wildman–Crippen LogP) is 2.08. The van der Waals surface area contributed by atoms with Crippen LogP contribution in [0.4, 0.5) is 5.69 Å². The number of hydrogen-bond acceptors (Lipinski definition) is 4. The molecule has 3 heterocycles. The van der Waals surface area contributed by atoms with Gasteiger partial charge in [0.05, 0.1) is 6.54 Å². The third-order valence-corrected chi connectivity index (χ3v) is 4.06. The molecule has 0 amide bonds. The zero-order valence-electron chi connectivity index (χ0n) is 11.4. The highest BCUT2D eigenvalue weighted by Crippen LogP contribution is 2.21. The minimum absolute atomic E-state index is 0.683. The summed E-state index contributed by atoms with van der Waals surface area (Å²) in [5, 5.41) is 8.52. The van der Waals surface area contributed by atoms with Crippen LogP contribution in [0, 0.1) is 0 Å². The molecule has 1 unspecified atom stereocenters. The first-order valence-corrected chi connectivity index (χ1v) is 7.11. The summed E-state index contributed by atoms with van der Waals surface area (Å²) in [6, 6.07) is 4.46. The van der Waals surface area contributed by atoms with Crippen molar-refractivity contribution < 1.29 is 0 Å². The number of likely N-dealkylation sites (tertiary alicyclic amines) is 1. The number of piperidine rings is 1. The van der Waals surface area contributed by atoms with Crippen molar-refractivity contribution in [2.75, 3.05) is 12.3 Å². The molecule has 0 spiro atoms. The Bertz CT molecular complexity index is 562. The fourth-order valence-electron chi connectivity index (χ4n) is 2.97. The summed E-state index contributed by atoms with van der Waals surface area (Å²) in [7, 11) is 0. The van der Waals surface area contributed by atoms with E-state index in [4.69, 9.17) is 5.73 Å². The molecule has 5 heteroatoms. The smallest absolute Gasteiger partial charge is 0.160 e. The molecule has 2 N–H and O–H groups in total. The summed E-state index contributed by atoms with van der Waals surface area (Å²) < 4.78 is 2.01. The minimum Gasteiger partial charge on any atom is -0.398 e. The van der Waals surface area contributed by atoms with Crippen LogP contribution in [0.1, 0.15) is 38.4 Å². The Labute approximate surface area is 113 Å². The Hall–Kier alpha value is -1.62. The molecule has 2 aromatic rings. The lowest BCUT2D eigenvalue weighted by atomic mass is 10.0. The van der Waals surface area contributed by atoms with Gasteiger partial charge < -0.3 is 5.73 Å². The highest BCUT2D eigenvalue weighted by atomic mass is 15.3. The van der Waals surface area contributed by atoms with Gasteiger partial charge in [0.1, 0.15) is 0 Å². The van der Waals surface area contributed by atoms with E-state index >= 15 is 0 Å². The number of rotatable bonds is 3. The van der Waals surface area contributed by atoms with Crippen molar-refractivity contribution in [3.05, 3.63) is 24.2 Å². The molecule has 1 saturated heterocycles. The van der Waals surface area contributed by atoms with Crippen molar-refractivity contribution in [1.29, 1.82) is 0 Å². The zero-order chi connectivity index (χ0) is 13.2. The van der Waals surface area contributed by atoms with Gasteiger partial charge in [-0.3, -0.25) is 9.30 Å². The number of anilines is 1. The van der Waals surface area contributed by atoms with Crippen molar-refractivity contribution >= 4 is 11.3 Å². The molecule has 0 bridgehead atoms. The molecule has 5 nitrogen and oxygen atoms in total. The first-order valence-electron chi connectivity index (χ1n) is 7.11. The van der Waals surface area contributed by atoms with Crippen LogP contribution in [0.15, 0.2) is 18.3 Å². The lowest BCUT2D eigenvalue weighted by molar-refractivity contribution is 0.132. The van der Waals surface area contributed by atoms with Crippen molar-refractivity contribution in [2.45, 2.75) is 45.2 Å². The van der Waals surface area contributed by atoms with Gasteiger partial charge in [0, 0.05) is 17.9 Å². The SMILES string of the molecule is CCC1CCCCN1Cc1nnc2ccc(N)cn12. The van der Waals surface area contributed by atoms with Crippen LogP contribution in [-0.4, -0.2) is 32.1 Å². The molecule has 2 aromatic heterocycles. The molecule has 1 atom stereocenters. The molecule has 0 radical (unpaired) electrons. The van der Waals surface area contributed by atoms with Gasteiger partial charge >= 0.3 is 0 Å². The lowest BCUT2D eigenvalue weighted by Gasteiger charge is -2.34. The Kier molecular flexibility index (Phi) is 3.38. The Balaban J connectivity index is 1.86. The van der Waals surface area contributed by atoms with Gasteiger partial charge in [-0.1, -0.05) is 13.3 Å². The predicted molar refractivity (Wildman–Crippen MR) is 75.7 cm³/mol. The summed E-state index contributed by atoms with van der Waals surface area (Å²) in [5.74, 6) is 0.989. The average Bonchev–Trinajstić information content (AvgIpc) is 2.82. The lowest BCUT2D eigenvalue weighted by Crippen LogP contribution is -2.38. The van der Waals surface area contributed by atoms with E-state index in [9.17, 15) is 0 Å². The second-order valence-corrected chi connectivity index (χ2v) is 5.34. The second kappa shape index (κ2) is 5.17. The summed E-state index contributed by atoms with van der Waals surface area (Å²) in [5.41, 5.74) is 7.47. The number of nitrogens with zero attached hydrogens (tertiary/aromatic N) is 4. The monoisotopic (exact) mass is 259 g/mol. The standard InChI is InChI=1S/C14H21N5/c1-2-12-5-3-4-8-18(12)10-14-17-16-13-7-6-11(15)9-19(13)14/h6-7,9,12H,2-5,8,10,15H2,1H3. The van der Waals surface area contributed by atoms with Gasteiger partial charge in [0.2, 0.25) is 0 Å². The molecule has 19 heavy (non-hydrogen) atoms. The molecule has 1 aliphatic rings. The molecule has 3 rings (SSSR count). The van der Waals surface area contributed by atoms with E-state index < -0.39 is 0 Å². The van der Waals surface area contributed by atoms with Crippen molar-refractivity contribution in [1.82, 2.24) is 19.5 Å². The topological polar surface area (TPSA) is 59.5 Å². The number of hydrogen-bond donors (Lipinski definition) is 1. The summed E-state index contributed by atoms with van der Waals surface area (Å²) in [4.78, 5) is 2.53. The quantitative estimate of drug-likeness (QED) is 0.916. The minimum atomic E-state index is 0.683. The van der Waals surface area contributed by atoms with Crippen LogP contribution in [0.3, 0.4) is 0 Å². The molecule has 0 aliphatic carbocycles. The van der Waals surface area contributed by atoms with Crippen LogP contribution in [0.2, 0.25) is 0 Å². The largest absolute Gasteiger partial charge is 0.398 e. The first-order chi connectivity index (χ1) is 9.28. The van der Waals surface area contributed by atoms with E-state index in [2.05, 4.69) is 22.0 Å². The number of fused-ring (bicyclic) bond motifs is 1.